The van der Waals surface area contributed by atoms with Crippen molar-refractivity contribution in [1.29, 1.82) is 0 Å². The maximum absolute atomic E-state index is 12.8. The molecule has 7 nitrogen and oxygen atoms in total. The van der Waals surface area contributed by atoms with Crippen LogP contribution in [0.5, 0.6) is 0 Å². The zero-order valence-electron chi connectivity index (χ0n) is 13.8. The third kappa shape index (κ3) is 3.29. The number of methoxy groups -OCH3 is 1. The van der Waals surface area contributed by atoms with Crippen LogP contribution in [0.2, 0.25) is 0 Å². The Morgan fingerprint density at radius 2 is 2.21 bits per heavy atom. The fourth-order valence-corrected chi connectivity index (χ4v) is 3.49. The van der Waals surface area contributed by atoms with Crippen LogP contribution in [0.25, 0.3) is 0 Å². The molecule has 7 heteroatoms. The molecule has 3 heterocycles. The van der Waals surface area contributed by atoms with Crippen molar-refractivity contribution in [2.75, 3.05) is 20.2 Å². The largest absolute Gasteiger partial charge is 0.467 e. The highest BCUT2D eigenvalue weighted by Gasteiger charge is 2.41. The zero-order valence-corrected chi connectivity index (χ0v) is 13.8. The minimum atomic E-state index is -0.523. The molecule has 0 bridgehead atoms. The van der Waals surface area contributed by atoms with Gasteiger partial charge in [-0.1, -0.05) is 0 Å². The Kier molecular flexibility index (Phi) is 4.87. The zero-order chi connectivity index (χ0) is 17.1. The number of piperidine rings is 1. The molecule has 1 aromatic heterocycles. The summed E-state index contributed by atoms with van der Waals surface area (Å²) < 4.78 is 10.1. The molecule has 24 heavy (non-hydrogen) atoms. The van der Waals surface area contributed by atoms with E-state index in [1.807, 2.05) is 0 Å². The predicted molar refractivity (Wildman–Crippen MR) is 83.6 cm³/mol. The number of furan rings is 1. The van der Waals surface area contributed by atoms with Crippen LogP contribution in [-0.2, 0) is 25.7 Å². The molecule has 2 atom stereocenters. The lowest BCUT2D eigenvalue weighted by molar-refractivity contribution is -0.156. The second-order valence-corrected chi connectivity index (χ2v) is 6.32. The summed E-state index contributed by atoms with van der Waals surface area (Å²) in [5.41, 5.74) is 0. The Bertz CT molecular complexity index is 613. The molecule has 2 unspecified atom stereocenters. The average molecular weight is 334 g/mol. The van der Waals surface area contributed by atoms with Crippen molar-refractivity contribution in [3.05, 3.63) is 24.2 Å². The van der Waals surface area contributed by atoms with Crippen LogP contribution in [-0.4, -0.2) is 53.8 Å². The summed E-state index contributed by atoms with van der Waals surface area (Å²) in [6, 6.07) is 3.05. The van der Waals surface area contributed by atoms with E-state index in [0.717, 1.165) is 12.8 Å². The van der Waals surface area contributed by atoms with Gasteiger partial charge in [0.1, 0.15) is 11.8 Å². The van der Waals surface area contributed by atoms with Gasteiger partial charge in [-0.25, -0.2) is 4.79 Å². The van der Waals surface area contributed by atoms with E-state index < -0.39 is 12.0 Å². The standard InChI is InChI=1S/C17H22N2O5/c1-23-17(22)14-6-2-3-7-19(14)16(21)12-9-15(20)18(10-12)11-13-5-4-8-24-13/h4-5,8,12,14H,2-3,6-7,9-11H2,1H3. The second-order valence-electron chi connectivity index (χ2n) is 6.32. The summed E-state index contributed by atoms with van der Waals surface area (Å²) in [4.78, 5) is 40.2. The first kappa shape index (κ1) is 16.5. The van der Waals surface area contributed by atoms with E-state index in [4.69, 9.17) is 9.15 Å². The average Bonchev–Trinajstić information content (AvgIpc) is 3.24. The van der Waals surface area contributed by atoms with E-state index in [1.165, 1.54) is 7.11 Å². The van der Waals surface area contributed by atoms with Gasteiger partial charge in [0.05, 0.1) is 25.8 Å². The number of carbonyl (C=O) groups is 3. The fourth-order valence-electron chi connectivity index (χ4n) is 3.49. The van der Waals surface area contributed by atoms with Crippen molar-refractivity contribution in [1.82, 2.24) is 9.80 Å². The Hall–Kier alpha value is -2.31. The first-order valence-electron chi connectivity index (χ1n) is 8.28. The molecule has 0 saturated carbocycles. The smallest absolute Gasteiger partial charge is 0.328 e. The Morgan fingerprint density at radius 3 is 2.92 bits per heavy atom. The summed E-state index contributed by atoms with van der Waals surface area (Å²) in [5.74, 6) is -0.267. The molecule has 130 valence electrons. The highest BCUT2D eigenvalue weighted by Crippen LogP contribution is 2.26. The van der Waals surface area contributed by atoms with Crippen molar-refractivity contribution in [3.8, 4) is 0 Å². The van der Waals surface area contributed by atoms with Crippen molar-refractivity contribution in [2.24, 2.45) is 5.92 Å². The van der Waals surface area contributed by atoms with Crippen LogP contribution < -0.4 is 0 Å². The minimum Gasteiger partial charge on any atom is -0.467 e. The van der Waals surface area contributed by atoms with Gasteiger partial charge in [-0.05, 0) is 31.4 Å². The van der Waals surface area contributed by atoms with E-state index in [0.29, 0.717) is 31.8 Å². The minimum absolute atomic E-state index is 0.0589. The molecule has 0 N–H and O–H groups in total. The van der Waals surface area contributed by atoms with Crippen LogP contribution in [0.3, 0.4) is 0 Å². The number of likely N-dealkylation sites (tertiary alicyclic amines) is 2. The second kappa shape index (κ2) is 7.07. The quantitative estimate of drug-likeness (QED) is 0.773. The summed E-state index contributed by atoms with van der Waals surface area (Å²) >= 11 is 0. The van der Waals surface area contributed by atoms with Gasteiger partial charge < -0.3 is 19.0 Å². The van der Waals surface area contributed by atoms with Gasteiger partial charge in [0.2, 0.25) is 11.8 Å². The molecule has 2 amide bonds. The molecular formula is C17H22N2O5. The summed E-state index contributed by atoms with van der Waals surface area (Å²) in [6.07, 6.45) is 4.14. The van der Waals surface area contributed by atoms with E-state index in [1.54, 1.807) is 28.2 Å². The van der Waals surface area contributed by atoms with E-state index in [9.17, 15) is 14.4 Å². The van der Waals surface area contributed by atoms with Gasteiger partial charge in [0, 0.05) is 19.5 Å². The Labute approximate surface area is 140 Å². The molecule has 0 spiro atoms. The van der Waals surface area contributed by atoms with Gasteiger partial charge in [-0.15, -0.1) is 0 Å². The number of nitrogens with zero attached hydrogens (tertiary/aromatic N) is 2. The number of hydrogen-bond acceptors (Lipinski definition) is 5. The van der Waals surface area contributed by atoms with Gasteiger partial charge in [-0.3, -0.25) is 9.59 Å². The van der Waals surface area contributed by atoms with E-state index in [2.05, 4.69) is 0 Å². The van der Waals surface area contributed by atoms with Gasteiger partial charge in [0.25, 0.3) is 0 Å². The normalized spacial score (nSPS) is 24.3. The number of carbonyl (C=O) groups excluding carboxylic acids is 3. The maximum Gasteiger partial charge on any atom is 0.328 e. The van der Waals surface area contributed by atoms with E-state index >= 15 is 0 Å². The van der Waals surface area contributed by atoms with Crippen LogP contribution in [0.15, 0.2) is 22.8 Å². The molecule has 2 aliphatic heterocycles. The van der Waals surface area contributed by atoms with Crippen LogP contribution in [0.1, 0.15) is 31.4 Å². The highest BCUT2D eigenvalue weighted by atomic mass is 16.5. The number of hydrogen-bond donors (Lipinski definition) is 0. The Balaban J connectivity index is 1.66. The lowest BCUT2D eigenvalue weighted by Gasteiger charge is -2.35. The molecule has 2 fully saturated rings. The molecule has 1 aromatic rings. The summed E-state index contributed by atoms with van der Waals surface area (Å²) in [6.45, 7) is 1.28. The van der Waals surface area contributed by atoms with Crippen molar-refractivity contribution in [3.63, 3.8) is 0 Å². The molecule has 0 aliphatic carbocycles. The highest BCUT2D eigenvalue weighted by molar-refractivity contribution is 5.91. The van der Waals surface area contributed by atoms with Gasteiger partial charge in [-0.2, -0.15) is 0 Å². The number of esters is 1. The van der Waals surface area contributed by atoms with Gasteiger partial charge in [0.15, 0.2) is 0 Å². The van der Waals surface area contributed by atoms with E-state index in [-0.39, 0.29) is 24.2 Å². The van der Waals surface area contributed by atoms with Gasteiger partial charge >= 0.3 is 5.97 Å². The lowest BCUT2D eigenvalue weighted by atomic mass is 9.98. The molecule has 3 rings (SSSR count). The molecular weight excluding hydrogens is 312 g/mol. The topological polar surface area (TPSA) is 80.1 Å². The maximum atomic E-state index is 12.8. The number of amides is 2. The first-order chi connectivity index (χ1) is 11.6. The monoisotopic (exact) mass is 334 g/mol. The van der Waals surface area contributed by atoms with Crippen LogP contribution in [0.4, 0.5) is 0 Å². The third-order valence-corrected chi connectivity index (χ3v) is 4.75. The SMILES string of the molecule is COC(=O)C1CCCCN1C(=O)C1CC(=O)N(Cc2ccco2)C1. The van der Waals surface area contributed by atoms with Crippen molar-refractivity contribution < 1.29 is 23.5 Å². The fraction of sp³-hybridized carbons (Fsp3) is 0.588. The molecule has 0 radical (unpaired) electrons. The molecule has 0 aromatic carbocycles. The lowest BCUT2D eigenvalue weighted by Crippen LogP contribution is -2.50. The predicted octanol–water partition coefficient (Wildman–Crippen LogP) is 1.18. The van der Waals surface area contributed by atoms with Crippen molar-refractivity contribution in [2.45, 2.75) is 38.3 Å². The third-order valence-electron chi connectivity index (χ3n) is 4.75. The van der Waals surface area contributed by atoms with Crippen molar-refractivity contribution >= 4 is 17.8 Å². The number of rotatable bonds is 4. The first-order valence-corrected chi connectivity index (χ1v) is 8.28. The Morgan fingerprint density at radius 1 is 1.38 bits per heavy atom. The van der Waals surface area contributed by atoms with Crippen LogP contribution in [0, 0.1) is 5.92 Å². The molecule has 2 aliphatic rings. The summed E-state index contributed by atoms with van der Waals surface area (Å²) in [5, 5.41) is 0. The molecule has 2 saturated heterocycles. The summed E-state index contributed by atoms with van der Waals surface area (Å²) in [7, 11) is 1.34. The van der Waals surface area contributed by atoms with Crippen LogP contribution >= 0.6 is 0 Å². The number of ether oxygens (including phenoxy) is 1.